The van der Waals surface area contributed by atoms with Crippen molar-refractivity contribution >= 4 is 5.91 Å². The van der Waals surface area contributed by atoms with Gasteiger partial charge in [0.2, 0.25) is 5.91 Å². The lowest BCUT2D eigenvalue weighted by molar-refractivity contribution is -0.122. The number of aryl methyl sites for hydroxylation is 1. The van der Waals surface area contributed by atoms with Gasteiger partial charge in [-0.15, -0.1) is 0 Å². The summed E-state index contributed by atoms with van der Waals surface area (Å²) < 4.78 is 13.4. The highest BCUT2D eigenvalue weighted by Gasteiger charge is 2.17. The summed E-state index contributed by atoms with van der Waals surface area (Å²) in [7, 11) is 0. The molecule has 1 heterocycles. The molecule has 0 saturated carbocycles. The molecule has 0 atom stereocenters. The van der Waals surface area contributed by atoms with Crippen LogP contribution in [0.25, 0.3) is 0 Å². The van der Waals surface area contributed by atoms with Gasteiger partial charge in [-0.3, -0.25) is 9.69 Å². The summed E-state index contributed by atoms with van der Waals surface area (Å²) >= 11 is 0. The summed E-state index contributed by atoms with van der Waals surface area (Å²) in [4.78, 5) is 14.1. The van der Waals surface area contributed by atoms with E-state index in [4.69, 9.17) is 0 Å². The van der Waals surface area contributed by atoms with Crippen LogP contribution >= 0.6 is 0 Å². The van der Waals surface area contributed by atoms with Crippen LogP contribution in [0.15, 0.2) is 18.2 Å². The van der Waals surface area contributed by atoms with Crippen molar-refractivity contribution in [2.75, 3.05) is 19.6 Å². The molecule has 1 fully saturated rings. The van der Waals surface area contributed by atoms with E-state index in [-0.39, 0.29) is 11.7 Å². The van der Waals surface area contributed by atoms with Gasteiger partial charge in [0, 0.05) is 6.54 Å². The van der Waals surface area contributed by atoms with E-state index in [1.807, 2.05) is 6.07 Å². The molecule has 1 aromatic rings. The van der Waals surface area contributed by atoms with Crippen LogP contribution < -0.4 is 5.32 Å². The van der Waals surface area contributed by atoms with Crippen LogP contribution in [-0.2, 0) is 11.3 Å². The normalized spacial score (nSPS) is 17.1. The van der Waals surface area contributed by atoms with Crippen molar-refractivity contribution in [1.82, 2.24) is 10.2 Å². The number of amides is 1. The summed E-state index contributed by atoms with van der Waals surface area (Å²) in [6.07, 6.45) is 2.33. The van der Waals surface area contributed by atoms with Crippen LogP contribution in [0.5, 0.6) is 0 Å². The zero-order valence-electron chi connectivity index (χ0n) is 12.3. The fourth-order valence-electron chi connectivity index (χ4n) is 2.43. The molecule has 1 N–H and O–H groups in total. The second kappa shape index (κ2) is 6.84. The highest BCUT2D eigenvalue weighted by atomic mass is 19.1. The molecule has 110 valence electrons. The van der Waals surface area contributed by atoms with Crippen molar-refractivity contribution < 1.29 is 9.18 Å². The van der Waals surface area contributed by atoms with Crippen LogP contribution in [0, 0.1) is 18.7 Å². The van der Waals surface area contributed by atoms with Gasteiger partial charge in [0.1, 0.15) is 5.82 Å². The number of nitrogens with one attached hydrogen (secondary N) is 1. The van der Waals surface area contributed by atoms with Gasteiger partial charge in [-0.1, -0.05) is 19.1 Å². The molecule has 3 nitrogen and oxygen atoms in total. The van der Waals surface area contributed by atoms with Gasteiger partial charge in [-0.2, -0.15) is 0 Å². The van der Waals surface area contributed by atoms with Crippen LogP contribution in [0.4, 0.5) is 4.39 Å². The average Bonchev–Trinajstić information content (AvgIpc) is 2.43. The Morgan fingerprint density at radius 1 is 1.40 bits per heavy atom. The quantitative estimate of drug-likeness (QED) is 0.917. The Morgan fingerprint density at radius 2 is 2.10 bits per heavy atom. The molecule has 0 bridgehead atoms. The molecule has 1 amide bonds. The molecule has 0 radical (unpaired) electrons. The molecule has 1 aromatic carbocycles. The first-order chi connectivity index (χ1) is 9.54. The first-order valence-corrected chi connectivity index (χ1v) is 7.28. The molecule has 20 heavy (non-hydrogen) atoms. The number of carbonyl (C=O) groups excluding carboxylic acids is 1. The molecule has 4 heteroatoms. The van der Waals surface area contributed by atoms with E-state index in [0.717, 1.165) is 37.4 Å². The third-order valence-electron chi connectivity index (χ3n) is 3.97. The second-order valence-electron chi connectivity index (χ2n) is 5.82. The number of carbonyl (C=O) groups is 1. The van der Waals surface area contributed by atoms with Crippen molar-refractivity contribution in [2.24, 2.45) is 5.92 Å². The minimum absolute atomic E-state index is 0.0144. The number of piperidine rings is 1. The predicted octanol–water partition coefficient (Wildman–Crippen LogP) is 2.48. The predicted molar refractivity (Wildman–Crippen MR) is 77.8 cm³/mol. The Bertz CT molecular complexity index is 468. The van der Waals surface area contributed by atoms with Gasteiger partial charge in [0.05, 0.1) is 6.54 Å². The van der Waals surface area contributed by atoms with Crippen molar-refractivity contribution in [3.8, 4) is 0 Å². The molecule has 0 aliphatic carbocycles. The number of nitrogens with zero attached hydrogens (tertiary/aromatic N) is 1. The Morgan fingerprint density at radius 3 is 2.75 bits per heavy atom. The standard InChI is InChI=1S/C16H23FN2O/c1-12-5-7-19(8-6-12)11-16(20)18-10-14-4-3-13(2)15(17)9-14/h3-4,9,12H,5-8,10-11H2,1-2H3,(H,18,20). The highest BCUT2D eigenvalue weighted by molar-refractivity contribution is 5.78. The fraction of sp³-hybridized carbons (Fsp3) is 0.562. The van der Waals surface area contributed by atoms with Gasteiger partial charge in [-0.05, 0) is 56.0 Å². The van der Waals surface area contributed by atoms with Crippen molar-refractivity contribution in [1.29, 1.82) is 0 Å². The number of rotatable bonds is 4. The van der Waals surface area contributed by atoms with E-state index >= 15 is 0 Å². The maximum Gasteiger partial charge on any atom is 0.234 e. The van der Waals surface area contributed by atoms with Gasteiger partial charge in [0.25, 0.3) is 0 Å². The lowest BCUT2D eigenvalue weighted by atomic mass is 9.99. The molecule has 0 aromatic heterocycles. The number of hydrogen-bond acceptors (Lipinski definition) is 2. The van der Waals surface area contributed by atoms with Gasteiger partial charge >= 0.3 is 0 Å². The lowest BCUT2D eigenvalue weighted by Gasteiger charge is -2.29. The maximum atomic E-state index is 13.4. The Labute approximate surface area is 120 Å². The minimum atomic E-state index is -0.221. The number of hydrogen-bond donors (Lipinski definition) is 1. The van der Waals surface area contributed by atoms with E-state index in [1.165, 1.54) is 6.07 Å². The lowest BCUT2D eigenvalue weighted by Crippen LogP contribution is -2.41. The zero-order chi connectivity index (χ0) is 14.5. The average molecular weight is 278 g/mol. The van der Waals surface area contributed by atoms with Crippen molar-refractivity contribution in [3.05, 3.63) is 35.1 Å². The Hall–Kier alpha value is -1.42. The Kier molecular flexibility index (Phi) is 5.12. The SMILES string of the molecule is Cc1ccc(CNC(=O)CN2CCC(C)CC2)cc1F. The second-order valence-corrected chi connectivity index (χ2v) is 5.82. The van der Waals surface area contributed by atoms with E-state index in [0.29, 0.717) is 18.7 Å². The first kappa shape index (κ1) is 15.0. The summed E-state index contributed by atoms with van der Waals surface area (Å²) in [6.45, 7) is 6.81. The number of likely N-dealkylation sites (tertiary alicyclic amines) is 1. The van der Waals surface area contributed by atoms with E-state index in [9.17, 15) is 9.18 Å². The third kappa shape index (κ3) is 4.30. The molecule has 1 aliphatic rings. The molecule has 1 aliphatic heterocycles. The van der Waals surface area contributed by atoms with Crippen LogP contribution in [-0.4, -0.2) is 30.4 Å². The van der Waals surface area contributed by atoms with Gasteiger partial charge in [-0.25, -0.2) is 4.39 Å². The monoisotopic (exact) mass is 278 g/mol. The van der Waals surface area contributed by atoms with Crippen molar-refractivity contribution in [3.63, 3.8) is 0 Å². The topological polar surface area (TPSA) is 32.3 Å². The highest BCUT2D eigenvalue weighted by Crippen LogP contribution is 2.15. The first-order valence-electron chi connectivity index (χ1n) is 7.28. The summed E-state index contributed by atoms with van der Waals surface area (Å²) in [5, 5.41) is 2.86. The number of halogens is 1. The van der Waals surface area contributed by atoms with Gasteiger partial charge < -0.3 is 5.32 Å². The summed E-state index contributed by atoms with van der Waals surface area (Å²) in [5.41, 5.74) is 1.43. The largest absolute Gasteiger partial charge is 0.351 e. The van der Waals surface area contributed by atoms with Crippen molar-refractivity contribution in [2.45, 2.75) is 33.2 Å². The van der Waals surface area contributed by atoms with Gasteiger partial charge in [0.15, 0.2) is 0 Å². The third-order valence-corrected chi connectivity index (χ3v) is 3.97. The molecule has 0 spiro atoms. The van der Waals surface area contributed by atoms with E-state index in [2.05, 4.69) is 17.1 Å². The van der Waals surface area contributed by atoms with Crippen LogP contribution in [0.2, 0.25) is 0 Å². The smallest absolute Gasteiger partial charge is 0.234 e. The fourth-order valence-corrected chi connectivity index (χ4v) is 2.43. The minimum Gasteiger partial charge on any atom is -0.351 e. The van der Waals surface area contributed by atoms with E-state index in [1.54, 1.807) is 13.0 Å². The molecular formula is C16H23FN2O. The molecular weight excluding hydrogens is 255 g/mol. The molecule has 1 saturated heterocycles. The zero-order valence-corrected chi connectivity index (χ0v) is 12.3. The van der Waals surface area contributed by atoms with Crippen LogP contribution in [0.1, 0.15) is 30.9 Å². The number of benzene rings is 1. The maximum absolute atomic E-state index is 13.4. The molecule has 2 rings (SSSR count). The Balaban J connectivity index is 1.76. The summed E-state index contributed by atoms with van der Waals surface area (Å²) in [5.74, 6) is 0.562. The molecule has 0 unspecified atom stereocenters. The van der Waals surface area contributed by atoms with Crippen LogP contribution in [0.3, 0.4) is 0 Å². The van der Waals surface area contributed by atoms with E-state index < -0.39 is 0 Å². The summed E-state index contributed by atoms with van der Waals surface area (Å²) in [6, 6.07) is 5.07.